The molecule has 4 nitrogen and oxygen atoms in total. The predicted molar refractivity (Wildman–Crippen MR) is 96.9 cm³/mol. The molecule has 0 radical (unpaired) electrons. The van der Waals surface area contributed by atoms with Gasteiger partial charge in [-0.3, -0.25) is 4.99 Å². The van der Waals surface area contributed by atoms with Gasteiger partial charge in [0.05, 0.1) is 12.1 Å². The van der Waals surface area contributed by atoms with E-state index in [1.807, 2.05) is 13.8 Å². The second kappa shape index (κ2) is 7.82. The Morgan fingerprint density at radius 2 is 1.78 bits per heavy atom. The predicted octanol–water partition coefficient (Wildman–Crippen LogP) is 2.82. The monoisotopic (exact) mass is 317 g/mol. The lowest BCUT2D eigenvalue weighted by Crippen LogP contribution is -2.42. The molecule has 0 spiro atoms. The molecule has 1 fully saturated rings. The first-order valence-corrected chi connectivity index (χ1v) is 8.87. The van der Waals surface area contributed by atoms with Gasteiger partial charge in [-0.2, -0.15) is 0 Å². The fraction of sp³-hybridized carbons (Fsp3) is 0.632. The molecular formula is C19H31N3O. The topological polar surface area (TPSA) is 56.7 Å². The van der Waals surface area contributed by atoms with E-state index in [4.69, 9.17) is 0 Å². The molecule has 0 bridgehead atoms. The summed E-state index contributed by atoms with van der Waals surface area (Å²) in [7, 11) is 0. The number of aliphatic imine (C=N–C) groups is 1. The number of hydrogen-bond donors (Lipinski definition) is 3. The Labute approximate surface area is 140 Å². The average Bonchev–Trinajstić information content (AvgIpc) is 3.39. The molecular weight excluding hydrogens is 286 g/mol. The van der Waals surface area contributed by atoms with Crippen molar-refractivity contribution in [3.8, 4) is 0 Å². The standard InChI is InChI=1S/C19H31N3O/c1-4-19(23,5-2)15-22-17(20-6-3)21-14-18(12-13-18)16-10-8-7-9-11-16/h7-11,23H,4-6,12-15H2,1-3H3,(H2,20,21,22). The minimum atomic E-state index is -0.695. The average molecular weight is 317 g/mol. The van der Waals surface area contributed by atoms with Crippen LogP contribution >= 0.6 is 0 Å². The van der Waals surface area contributed by atoms with E-state index < -0.39 is 5.60 Å². The van der Waals surface area contributed by atoms with Gasteiger partial charge in [0.25, 0.3) is 0 Å². The van der Waals surface area contributed by atoms with Gasteiger partial charge in [-0.25, -0.2) is 0 Å². The quantitative estimate of drug-likeness (QED) is 0.510. The maximum Gasteiger partial charge on any atom is 0.191 e. The third-order valence-corrected chi connectivity index (χ3v) is 5.03. The van der Waals surface area contributed by atoms with Gasteiger partial charge in [-0.1, -0.05) is 44.2 Å². The summed E-state index contributed by atoms with van der Waals surface area (Å²) in [5, 5.41) is 17.2. The van der Waals surface area contributed by atoms with Crippen LogP contribution in [-0.4, -0.2) is 36.3 Å². The van der Waals surface area contributed by atoms with Crippen molar-refractivity contribution in [1.29, 1.82) is 0 Å². The molecule has 0 heterocycles. The highest BCUT2D eigenvalue weighted by Crippen LogP contribution is 2.47. The van der Waals surface area contributed by atoms with Gasteiger partial charge in [0, 0.05) is 18.5 Å². The molecule has 1 aliphatic rings. The number of rotatable bonds is 8. The van der Waals surface area contributed by atoms with Crippen LogP contribution in [-0.2, 0) is 5.41 Å². The zero-order chi connectivity index (χ0) is 16.8. The smallest absolute Gasteiger partial charge is 0.191 e. The van der Waals surface area contributed by atoms with E-state index in [0.29, 0.717) is 6.54 Å². The van der Waals surface area contributed by atoms with Crippen molar-refractivity contribution < 1.29 is 5.11 Å². The maximum absolute atomic E-state index is 10.4. The largest absolute Gasteiger partial charge is 0.388 e. The van der Waals surface area contributed by atoms with Crippen molar-refractivity contribution in [2.45, 2.75) is 57.5 Å². The molecule has 2 rings (SSSR count). The van der Waals surface area contributed by atoms with Crippen molar-refractivity contribution in [1.82, 2.24) is 10.6 Å². The summed E-state index contributed by atoms with van der Waals surface area (Å²) in [6, 6.07) is 10.7. The van der Waals surface area contributed by atoms with E-state index in [1.165, 1.54) is 18.4 Å². The van der Waals surface area contributed by atoms with Crippen molar-refractivity contribution in [3.05, 3.63) is 35.9 Å². The second-order valence-corrected chi connectivity index (χ2v) is 6.63. The fourth-order valence-electron chi connectivity index (χ4n) is 2.80. The normalized spacial score (nSPS) is 17.0. The SMILES string of the molecule is CCNC(=NCC(O)(CC)CC)NCC1(c2ccccc2)CC1. The zero-order valence-corrected chi connectivity index (χ0v) is 14.7. The van der Waals surface area contributed by atoms with Crippen LogP contribution in [0.1, 0.15) is 52.0 Å². The molecule has 0 atom stereocenters. The van der Waals surface area contributed by atoms with Gasteiger partial charge in [0.15, 0.2) is 5.96 Å². The summed E-state index contributed by atoms with van der Waals surface area (Å²) in [5.41, 5.74) is 0.962. The number of nitrogens with zero attached hydrogens (tertiary/aromatic N) is 1. The Bertz CT molecular complexity index is 505. The summed E-state index contributed by atoms with van der Waals surface area (Å²) in [4.78, 5) is 4.60. The highest BCUT2D eigenvalue weighted by Gasteiger charge is 2.44. The van der Waals surface area contributed by atoms with Crippen LogP contribution in [0.25, 0.3) is 0 Å². The minimum Gasteiger partial charge on any atom is -0.388 e. The Hall–Kier alpha value is -1.55. The highest BCUT2D eigenvalue weighted by molar-refractivity contribution is 5.80. The summed E-state index contributed by atoms with van der Waals surface area (Å²) in [6.07, 6.45) is 3.88. The van der Waals surface area contributed by atoms with Crippen molar-refractivity contribution in [2.75, 3.05) is 19.6 Å². The number of benzene rings is 1. The Morgan fingerprint density at radius 1 is 1.13 bits per heavy atom. The molecule has 0 amide bonds. The molecule has 1 saturated carbocycles. The molecule has 1 aromatic rings. The molecule has 128 valence electrons. The number of nitrogens with one attached hydrogen (secondary N) is 2. The van der Waals surface area contributed by atoms with Gasteiger partial charge in [-0.05, 0) is 38.2 Å². The van der Waals surface area contributed by atoms with Gasteiger partial charge >= 0.3 is 0 Å². The zero-order valence-electron chi connectivity index (χ0n) is 14.7. The van der Waals surface area contributed by atoms with Gasteiger partial charge in [0.1, 0.15) is 0 Å². The van der Waals surface area contributed by atoms with E-state index in [-0.39, 0.29) is 5.41 Å². The van der Waals surface area contributed by atoms with Crippen LogP contribution in [0.5, 0.6) is 0 Å². The highest BCUT2D eigenvalue weighted by atomic mass is 16.3. The Balaban J connectivity index is 1.97. The lowest BCUT2D eigenvalue weighted by molar-refractivity contribution is 0.0418. The van der Waals surface area contributed by atoms with Crippen LogP contribution in [0.3, 0.4) is 0 Å². The molecule has 4 heteroatoms. The van der Waals surface area contributed by atoms with E-state index >= 15 is 0 Å². The van der Waals surface area contributed by atoms with Crippen LogP contribution in [0.15, 0.2) is 35.3 Å². The van der Waals surface area contributed by atoms with Gasteiger partial charge in [-0.15, -0.1) is 0 Å². The molecule has 0 aliphatic heterocycles. The van der Waals surface area contributed by atoms with Crippen LogP contribution in [0.4, 0.5) is 0 Å². The van der Waals surface area contributed by atoms with Crippen LogP contribution < -0.4 is 10.6 Å². The van der Waals surface area contributed by atoms with Gasteiger partial charge < -0.3 is 15.7 Å². The Kier molecular flexibility index (Phi) is 6.05. The molecule has 3 N–H and O–H groups in total. The molecule has 0 aromatic heterocycles. The molecule has 0 unspecified atom stereocenters. The molecule has 1 aromatic carbocycles. The number of aliphatic hydroxyl groups is 1. The van der Waals surface area contributed by atoms with Crippen LogP contribution in [0.2, 0.25) is 0 Å². The molecule has 23 heavy (non-hydrogen) atoms. The van der Waals surface area contributed by atoms with E-state index in [2.05, 4.69) is 52.9 Å². The number of hydrogen-bond acceptors (Lipinski definition) is 2. The van der Waals surface area contributed by atoms with E-state index in [9.17, 15) is 5.11 Å². The van der Waals surface area contributed by atoms with Crippen molar-refractivity contribution in [3.63, 3.8) is 0 Å². The van der Waals surface area contributed by atoms with Gasteiger partial charge in [0.2, 0.25) is 0 Å². The summed E-state index contributed by atoms with van der Waals surface area (Å²) < 4.78 is 0. The second-order valence-electron chi connectivity index (χ2n) is 6.63. The molecule has 1 aliphatic carbocycles. The first kappa shape index (κ1) is 17.8. The number of guanidine groups is 1. The third kappa shape index (κ3) is 4.71. The first-order chi connectivity index (χ1) is 11.1. The van der Waals surface area contributed by atoms with Crippen molar-refractivity contribution in [2.24, 2.45) is 4.99 Å². The lowest BCUT2D eigenvalue weighted by atomic mass is 9.96. The lowest BCUT2D eigenvalue weighted by Gasteiger charge is -2.24. The van der Waals surface area contributed by atoms with E-state index in [0.717, 1.165) is 31.9 Å². The Morgan fingerprint density at radius 3 is 2.30 bits per heavy atom. The molecule has 0 saturated heterocycles. The summed E-state index contributed by atoms with van der Waals surface area (Å²) in [5.74, 6) is 0.801. The van der Waals surface area contributed by atoms with Crippen LogP contribution in [0, 0.1) is 0 Å². The first-order valence-electron chi connectivity index (χ1n) is 8.87. The van der Waals surface area contributed by atoms with E-state index in [1.54, 1.807) is 0 Å². The van der Waals surface area contributed by atoms with Crippen molar-refractivity contribution >= 4 is 5.96 Å². The minimum absolute atomic E-state index is 0.253. The summed E-state index contributed by atoms with van der Waals surface area (Å²) >= 11 is 0. The maximum atomic E-state index is 10.4. The fourth-order valence-corrected chi connectivity index (χ4v) is 2.80. The third-order valence-electron chi connectivity index (χ3n) is 5.03. The summed E-state index contributed by atoms with van der Waals surface area (Å²) in [6.45, 7) is 8.23.